The lowest BCUT2D eigenvalue weighted by atomic mass is 10.2. The van der Waals surface area contributed by atoms with E-state index in [1.807, 2.05) is 24.3 Å². The first-order valence-corrected chi connectivity index (χ1v) is 7.05. The summed E-state index contributed by atoms with van der Waals surface area (Å²) in [6.07, 6.45) is 2.56. The highest BCUT2D eigenvalue weighted by Gasteiger charge is 2.29. The molecule has 1 fully saturated rings. The molecule has 0 heterocycles. The van der Waals surface area contributed by atoms with Crippen LogP contribution < -0.4 is 5.32 Å². The molecule has 1 atom stereocenters. The molecule has 1 aromatic rings. The Bertz CT molecular complexity index is 390. The molecule has 1 aromatic carbocycles. The van der Waals surface area contributed by atoms with Gasteiger partial charge in [-0.2, -0.15) is 0 Å². The Morgan fingerprint density at radius 1 is 1.50 bits per heavy atom. The second-order valence-corrected chi connectivity index (χ2v) is 6.17. The van der Waals surface area contributed by atoms with Crippen molar-refractivity contribution >= 4 is 37.8 Å². The smallest absolute Gasteiger partial charge is 0.251 e. The summed E-state index contributed by atoms with van der Waals surface area (Å²) in [6, 6.07) is 7.43. The fraction of sp³-hybridized carbons (Fsp3) is 0.417. The maximum absolute atomic E-state index is 11.8. The van der Waals surface area contributed by atoms with E-state index < -0.39 is 0 Å². The maximum atomic E-state index is 11.8. The van der Waals surface area contributed by atoms with Crippen LogP contribution in [-0.4, -0.2) is 17.3 Å². The van der Waals surface area contributed by atoms with E-state index in [1.165, 1.54) is 12.8 Å². The van der Waals surface area contributed by atoms with E-state index in [-0.39, 0.29) is 5.91 Å². The van der Waals surface area contributed by atoms with Crippen molar-refractivity contribution in [2.75, 3.05) is 6.54 Å². The van der Waals surface area contributed by atoms with E-state index in [2.05, 4.69) is 37.2 Å². The van der Waals surface area contributed by atoms with Crippen LogP contribution in [0, 0.1) is 5.92 Å². The molecule has 0 aromatic heterocycles. The first-order chi connectivity index (χ1) is 7.66. The molecule has 16 heavy (non-hydrogen) atoms. The molecule has 1 saturated carbocycles. The lowest BCUT2D eigenvalue weighted by Crippen LogP contribution is -2.30. The minimum Gasteiger partial charge on any atom is -0.351 e. The van der Waals surface area contributed by atoms with Crippen LogP contribution in [0.5, 0.6) is 0 Å². The molecule has 2 nitrogen and oxygen atoms in total. The molecule has 0 aliphatic heterocycles. The van der Waals surface area contributed by atoms with E-state index in [1.54, 1.807) is 0 Å². The number of carbonyl (C=O) groups excluding carboxylic acids is 1. The SMILES string of the molecule is O=C(NCC(Br)C1CC1)c1cccc(Br)c1. The third-order valence-corrected chi connectivity index (χ3v) is 4.24. The molecule has 2 rings (SSSR count). The van der Waals surface area contributed by atoms with Gasteiger partial charge in [0.05, 0.1) is 0 Å². The Morgan fingerprint density at radius 2 is 2.25 bits per heavy atom. The van der Waals surface area contributed by atoms with Crippen molar-refractivity contribution in [1.82, 2.24) is 5.32 Å². The number of rotatable bonds is 4. The van der Waals surface area contributed by atoms with Crippen molar-refractivity contribution in [3.8, 4) is 0 Å². The zero-order valence-electron chi connectivity index (χ0n) is 8.75. The fourth-order valence-electron chi connectivity index (χ4n) is 1.55. The maximum Gasteiger partial charge on any atom is 0.251 e. The van der Waals surface area contributed by atoms with Crippen LogP contribution in [0.2, 0.25) is 0 Å². The van der Waals surface area contributed by atoms with Gasteiger partial charge in [-0.25, -0.2) is 0 Å². The van der Waals surface area contributed by atoms with Crippen molar-refractivity contribution in [2.24, 2.45) is 5.92 Å². The summed E-state index contributed by atoms with van der Waals surface area (Å²) < 4.78 is 0.928. The summed E-state index contributed by atoms with van der Waals surface area (Å²) in [7, 11) is 0. The molecule has 1 N–H and O–H groups in total. The van der Waals surface area contributed by atoms with Gasteiger partial charge in [0.25, 0.3) is 5.91 Å². The number of nitrogens with one attached hydrogen (secondary N) is 1. The number of benzene rings is 1. The van der Waals surface area contributed by atoms with Crippen LogP contribution in [0.4, 0.5) is 0 Å². The normalized spacial score (nSPS) is 16.9. The van der Waals surface area contributed by atoms with Gasteiger partial charge < -0.3 is 5.32 Å². The van der Waals surface area contributed by atoms with Gasteiger partial charge in [-0.3, -0.25) is 4.79 Å². The van der Waals surface area contributed by atoms with Crippen LogP contribution in [0.15, 0.2) is 28.7 Å². The molecule has 4 heteroatoms. The highest BCUT2D eigenvalue weighted by molar-refractivity contribution is 9.10. The summed E-state index contributed by atoms with van der Waals surface area (Å²) in [5.74, 6) is 0.745. The van der Waals surface area contributed by atoms with E-state index in [9.17, 15) is 4.79 Å². The van der Waals surface area contributed by atoms with E-state index in [0.29, 0.717) is 16.9 Å². The minimum absolute atomic E-state index is 0.00796. The van der Waals surface area contributed by atoms with Gasteiger partial charge in [-0.05, 0) is 37.0 Å². The molecule has 1 aliphatic rings. The topological polar surface area (TPSA) is 29.1 Å². The summed E-state index contributed by atoms with van der Waals surface area (Å²) in [6.45, 7) is 0.704. The Labute approximate surface area is 112 Å². The van der Waals surface area contributed by atoms with Gasteiger partial charge in [-0.15, -0.1) is 0 Å². The summed E-state index contributed by atoms with van der Waals surface area (Å²) in [4.78, 5) is 12.2. The number of hydrogen-bond donors (Lipinski definition) is 1. The van der Waals surface area contributed by atoms with Crippen LogP contribution in [-0.2, 0) is 0 Å². The predicted molar refractivity (Wildman–Crippen MR) is 71.9 cm³/mol. The third-order valence-electron chi connectivity index (χ3n) is 2.68. The second kappa shape index (κ2) is 5.32. The first-order valence-electron chi connectivity index (χ1n) is 5.34. The number of alkyl halides is 1. The number of halogens is 2. The quantitative estimate of drug-likeness (QED) is 0.832. The number of hydrogen-bond acceptors (Lipinski definition) is 1. The Balaban J connectivity index is 1.87. The highest BCUT2D eigenvalue weighted by atomic mass is 79.9. The fourth-order valence-corrected chi connectivity index (χ4v) is 2.64. The summed E-state index contributed by atoms with van der Waals surface area (Å²) >= 11 is 6.95. The predicted octanol–water partition coefficient (Wildman–Crippen LogP) is 3.35. The number of amides is 1. The molecule has 0 radical (unpaired) electrons. The van der Waals surface area contributed by atoms with Crippen LogP contribution in [0.1, 0.15) is 23.2 Å². The number of carbonyl (C=O) groups is 1. The van der Waals surface area contributed by atoms with Crippen molar-refractivity contribution in [3.05, 3.63) is 34.3 Å². The highest BCUT2D eigenvalue weighted by Crippen LogP contribution is 2.36. The summed E-state index contributed by atoms with van der Waals surface area (Å²) in [5.41, 5.74) is 0.699. The second-order valence-electron chi connectivity index (χ2n) is 4.07. The Morgan fingerprint density at radius 3 is 2.88 bits per heavy atom. The van der Waals surface area contributed by atoms with Crippen LogP contribution in [0.25, 0.3) is 0 Å². The average Bonchev–Trinajstić information content (AvgIpc) is 3.09. The molecule has 1 amide bonds. The van der Waals surface area contributed by atoms with Crippen LogP contribution in [0.3, 0.4) is 0 Å². The molecular formula is C12H13Br2NO. The Kier molecular flexibility index (Phi) is 4.03. The molecule has 1 aliphatic carbocycles. The monoisotopic (exact) mass is 345 g/mol. The molecule has 1 unspecified atom stereocenters. The van der Waals surface area contributed by atoms with Crippen molar-refractivity contribution in [2.45, 2.75) is 17.7 Å². The molecule has 0 saturated heterocycles. The van der Waals surface area contributed by atoms with E-state index in [4.69, 9.17) is 0 Å². The van der Waals surface area contributed by atoms with Gasteiger partial charge in [0.1, 0.15) is 0 Å². The van der Waals surface area contributed by atoms with Gasteiger partial charge in [0.15, 0.2) is 0 Å². The van der Waals surface area contributed by atoms with Crippen LogP contribution >= 0.6 is 31.9 Å². The molecular weight excluding hydrogens is 334 g/mol. The largest absolute Gasteiger partial charge is 0.351 e. The van der Waals surface area contributed by atoms with Gasteiger partial charge in [0, 0.05) is 21.4 Å². The third kappa shape index (κ3) is 3.32. The minimum atomic E-state index is -0.00796. The van der Waals surface area contributed by atoms with Crippen molar-refractivity contribution in [3.63, 3.8) is 0 Å². The zero-order chi connectivity index (χ0) is 11.5. The molecule has 86 valence electrons. The van der Waals surface area contributed by atoms with E-state index >= 15 is 0 Å². The van der Waals surface area contributed by atoms with Crippen molar-refractivity contribution < 1.29 is 4.79 Å². The van der Waals surface area contributed by atoms with E-state index in [0.717, 1.165) is 10.4 Å². The standard InChI is InChI=1S/C12H13Br2NO/c13-10-3-1-2-9(6-10)12(16)15-7-11(14)8-4-5-8/h1-3,6,8,11H,4-5,7H2,(H,15,16). The average molecular weight is 347 g/mol. The molecule has 0 spiro atoms. The van der Waals surface area contributed by atoms with Crippen molar-refractivity contribution in [1.29, 1.82) is 0 Å². The van der Waals surface area contributed by atoms with Gasteiger partial charge in [-0.1, -0.05) is 37.9 Å². The molecule has 0 bridgehead atoms. The Hall–Kier alpha value is -0.350. The zero-order valence-corrected chi connectivity index (χ0v) is 11.9. The summed E-state index contributed by atoms with van der Waals surface area (Å²) in [5, 5.41) is 2.94. The lowest BCUT2D eigenvalue weighted by Gasteiger charge is -2.10. The first kappa shape index (κ1) is 12.1. The van der Waals surface area contributed by atoms with Gasteiger partial charge >= 0.3 is 0 Å². The lowest BCUT2D eigenvalue weighted by molar-refractivity contribution is 0.0953. The van der Waals surface area contributed by atoms with Gasteiger partial charge in [0.2, 0.25) is 0 Å².